The van der Waals surface area contributed by atoms with Crippen LogP contribution in [0, 0.1) is 0 Å². The maximum Gasteiger partial charge on any atom is 0.376 e. The lowest BCUT2D eigenvalue weighted by Crippen LogP contribution is -2.14. The zero-order valence-corrected chi connectivity index (χ0v) is 13.6. The van der Waals surface area contributed by atoms with E-state index in [0.717, 1.165) is 13.0 Å². The normalized spacial score (nSPS) is 9.96. The zero-order valence-electron chi connectivity index (χ0n) is 13.6. The molecule has 0 saturated carbocycles. The maximum absolute atomic E-state index is 12.1. The van der Waals surface area contributed by atoms with Crippen LogP contribution in [0.25, 0.3) is 0 Å². The quantitative estimate of drug-likeness (QED) is 0.314. The van der Waals surface area contributed by atoms with Gasteiger partial charge in [0, 0.05) is 12.0 Å². The molecule has 136 valence electrons. The summed E-state index contributed by atoms with van der Waals surface area (Å²) >= 11 is 0. The second-order valence-corrected chi connectivity index (χ2v) is 5.48. The van der Waals surface area contributed by atoms with Crippen molar-refractivity contribution in [3.05, 3.63) is 58.1 Å². The highest BCUT2D eigenvalue weighted by atomic mass is 27.0. The molecule has 0 spiro atoms. The first-order valence-electron chi connectivity index (χ1n) is 7.31. The fraction of sp³-hybridized carbons (Fsp3) is 0.167. The number of carbonyl (C=O) groups is 3. The number of aromatic hydroxyl groups is 2. The average molecular weight is 374 g/mol. The molecule has 0 fully saturated rings. The number of hydrogen-bond donors (Lipinski definition) is 3. The van der Waals surface area contributed by atoms with Crippen molar-refractivity contribution in [3.63, 3.8) is 0 Å². The number of hydrogen-bond acceptors (Lipinski definition) is 7. The largest absolute Gasteiger partial charge is 0.508 e. The first-order chi connectivity index (χ1) is 11.8. The van der Waals surface area contributed by atoms with Gasteiger partial charge < -0.3 is 10.2 Å². The Morgan fingerprint density at radius 1 is 0.962 bits per heavy atom. The molecular weight excluding hydrogens is 355 g/mol. The van der Waals surface area contributed by atoms with Crippen LogP contribution < -0.4 is 0 Å². The molecule has 0 unspecified atom stereocenters. The number of benzene rings is 2. The van der Waals surface area contributed by atoms with Gasteiger partial charge >= 0.3 is 5.97 Å². The van der Waals surface area contributed by atoms with Crippen molar-refractivity contribution in [1.29, 1.82) is 0 Å². The minimum atomic E-state index is -1.27. The Hall–Kier alpha value is -2.66. The van der Waals surface area contributed by atoms with E-state index < -0.39 is 28.8 Å². The summed E-state index contributed by atoms with van der Waals surface area (Å²) in [5, 5.41) is 28.7. The molecule has 0 aromatic heterocycles. The van der Waals surface area contributed by atoms with Crippen molar-refractivity contribution in [2.45, 2.75) is 20.3 Å². The van der Waals surface area contributed by atoms with Gasteiger partial charge in [0.2, 0.25) is 0 Å². The zero-order chi connectivity index (χ0) is 18.7. The Morgan fingerprint density at radius 2 is 1.54 bits per heavy atom. The Labute approximate surface area is 159 Å². The fourth-order valence-electron chi connectivity index (χ4n) is 2.68. The van der Waals surface area contributed by atoms with E-state index in [1.165, 1.54) is 13.0 Å². The van der Waals surface area contributed by atoms with Crippen LogP contribution in [-0.4, -0.2) is 50.4 Å². The second kappa shape index (κ2) is 8.63. The lowest BCUT2D eigenvalue weighted by molar-refractivity contribution is -0.182. The molecule has 0 heterocycles. The summed E-state index contributed by atoms with van der Waals surface area (Å²) < 4.78 is 0. The number of Topliss-reactive ketones (excluding diaryl/α,β-unsaturated/α-hetero) is 2. The van der Waals surface area contributed by atoms with E-state index in [0.29, 0.717) is 5.56 Å². The van der Waals surface area contributed by atoms with Gasteiger partial charge in [0.1, 0.15) is 17.1 Å². The highest BCUT2D eigenvalue weighted by molar-refractivity contribution is 6.12. The minimum Gasteiger partial charge on any atom is -0.508 e. The van der Waals surface area contributed by atoms with E-state index in [1.54, 1.807) is 18.2 Å². The molecule has 0 aliphatic carbocycles. The van der Waals surface area contributed by atoms with Gasteiger partial charge in [-0.1, -0.05) is 18.2 Å². The van der Waals surface area contributed by atoms with E-state index in [1.807, 2.05) is 0 Å². The van der Waals surface area contributed by atoms with Crippen molar-refractivity contribution in [1.82, 2.24) is 0 Å². The second-order valence-electron chi connectivity index (χ2n) is 5.48. The molecule has 8 heteroatoms. The number of rotatable bonds is 5. The van der Waals surface area contributed by atoms with E-state index in [2.05, 4.69) is 4.89 Å². The monoisotopic (exact) mass is 374 g/mol. The molecule has 0 atom stereocenters. The predicted molar refractivity (Wildman–Crippen MR) is 97.0 cm³/mol. The van der Waals surface area contributed by atoms with Crippen molar-refractivity contribution in [2.75, 3.05) is 0 Å². The third-order valence-electron chi connectivity index (χ3n) is 3.76. The predicted octanol–water partition coefficient (Wildman–Crippen LogP) is 1.54. The number of ketones is 2. The highest BCUT2D eigenvalue weighted by Gasteiger charge is 2.27. The fourth-order valence-corrected chi connectivity index (χ4v) is 2.68. The SMILES string of the molecule is CC(=O)c1c(Cc2ccccc2O)cc(C(=O)OO)c(O)c1C(C)=O.[AlH3]. The van der Waals surface area contributed by atoms with Crippen LogP contribution in [-0.2, 0) is 11.3 Å². The van der Waals surface area contributed by atoms with Gasteiger partial charge in [0.05, 0.1) is 5.56 Å². The molecule has 3 N–H and O–H groups in total. The van der Waals surface area contributed by atoms with Gasteiger partial charge in [-0.25, -0.2) is 4.79 Å². The van der Waals surface area contributed by atoms with Crippen LogP contribution in [0.3, 0.4) is 0 Å². The van der Waals surface area contributed by atoms with Gasteiger partial charge in [-0.15, -0.1) is 0 Å². The van der Waals surface area contributed by atoms with Crippen molar-refractivity contribution in [2.24, 2.45) is 0 Å². The van der Waals surface area contributed by atoms with Gasteiger partial charge in [-0.2, -0.15) is 5.26 Å². The molecule has 7 nitrogen and oxygen atoms in total. The van der Waals surface area contributed by atoms with Gasteiger partial charge in [-0.05, 0) is 37.1 Å². The van der Waals surface area contributed by atoms with Crippen LogP contribution in [0.1, 0.15) is 56.0 Å². The van der Waals surface area contributed by atoms with Gasteiger partial charge in [-0.3, -0.25) is 14.5 Å². The summed E-state index contributed by atoms with van der Waals surface area (Å²) in [6.45, 7) is 2.36. The summed E-state index contributed by atoms with van der Waals surface area (Å²) in [6, 6.07) is 7.53. The van der Waals surface area contributed by atoms with Crippen LogP contribution in [0.5, 0.6) is 11.5 Å². The summed E-state index contributed by atoms with van der Waals surface area (Å²) in [6.07, 6.45) is 0.0217. The minimum absolute atomic E-state index is 0. The topological polar surface area (TPSA) is 121 Å². The van der Waals surface area contributed by atoms with Crippen LogP contribution >= 0.6 is 0 Å². The maximum atomic E-state index is 12.1. The molecule has 0 saturated heterocycles. The average Bonchev–Trinajstić information content (AvgIpc) is 2.56. The van der Waals surface area contributed by atoms with Crippen LogP contribution in [0.15, 0.2) is 30.3 Å². The van der Waals surface area contributed by atoms with Crippen LogP contribution in [0.4, 0.5) is 0 Å². The summed E-state index contributed by atoms with van der Waals surface area (Å²) in [7, 11) is 0. The van der Waals surface area contributed by atoms with E-state index in [4.69, 9.17) is 5.26 Å². The van der Waals surface area contributed by atoms with Crippen molar-refractivity contribution < 1.29 is 34.7 Å². The Morgan fingerprint density at radius 3 is 2.04 bits per heavy atom. The van der Waals surface area contributed by atoms with Gasteiger partial charge in [0.25, 0.3) is 0 Å². The molecule has 0 aliphatic rings. The number of para-hydroxylation sites is 1. The molecule has 0 bridgehead atoms. The van der Waals surface area contributed by atoms with Crippen LogP contribution in [0.2, 0.25) is 0 Å². The van der Waals surface area contributed by atoms with E-state index >= 15 is 0 Å². The van der Waals surface area contributed by atoms with E-state index in [9.17, 15) is 24.6 Å². The lowest BCUT2D eigenvalue weighted by Gasteiger charge is -2.16. The Balaban J connectivity index is 0.00000338. The van der Waals surface area contributed by atoms with Crippen molar-refractivity contribution >= 4 is 34.9 Å². The standard InChI is InChI=1S/C18H16O7.Al.3H/c1-9(19)15-12(7-11-5-3-4-6-14(11)21)8-13(18(23)25-24)17(22)16(15)10(2)20;;;;/h3-6,8,21-22,24H,7H2,1-2H3;;;;. The lowest BCUT2D eigenvalue weighted by atomic mass is 9.88. The number of phenols is 2. The molecule has 2 rings (SSSR count). The summed E-state index contributed by atoms with van der Waals surface area (Å²) in [5.74, 6) is -3.16. The molecule has 0 aliphatic heterocycles. The molecule has 26 heavy (non-hydrogen) atoms. The van der Waals surface area contributed by atoms with Crippen molar-refractivity contribution in [3.8, 4) is 11.5 Å². The summed E-state index contributed by atoms with van der Waals surface area (Å²) in [5.41, 5.74) is -0.155. The summed E-state index contributed by atoms with van der Waals surface area (Å²) in [4.78, 5) is 39.3. The Kier molecular flexibility index (Phi) is 7.10. The highest BCUT2D eigenvalue weighted by Crippen LogP contribution is 2.33. The van der Waals surface area contributed by atoms with Gasteiger partial charge in [0.15, 0.2) is 28.9 Å². The molecule has 0 radical (unpaired) electrons. The Bertz CT molecular complexity index is 874. The first kappa shape index (κ1) is 21.4. The third-order valence-corrected chi connectivity index (χ3v) is 3.76. The first-order valence-corrected chi connectivity index (χ1v) is 7.31. The number of carbonyl (C=O) groups excluding carboxylic acids is 3. The third kappa shape index (κ3) is 4.11. The molecule has 2 aromatic carbocycles. The molecule has 2 aromatic rings. The molecule has 0 amide bonds. The van der Waals surface area contributed by atoms with E-state index in [-0.39, 0.29) is 46.2 Å². The molecular formula is C18H19AlO7. The number of phenolic OH excluding ortho intramolecular Hbond substituents is 2. The smallest absolute Gasteiger partial charge is 0.376 e.